The number of benzene rings is 1. The van der Waals surface area contributed by atoms with Crippen LogP contribution in [0.25, 0.3) is 0 Å². The van der Waals surface area contributed by atoms with Crippen LogP contribution in [0.3, 0.4) is 0 Å². The van der Waals surface area contributed by atoms with Crippen LogP contribution < -0.4 is 15.5 Å². The van der Waals surface area contributed by atoms with Crippen LogP contribution in [0.15, 0.2) is 24.3 Å². The first-order valence-corrected chi connectivity index (χ1v) is 6.92. The van der Waals surface area contributed by atoms with E-state index >= 15 is 0 Å². The van der Waals surface area contributed by atoms with Gasteiger partial charge in [-0.05, 0) is 37.9 Å². The highest BCUT2D eigenvalue weighted by atomic mass is 16.1. The Morgan fingerprint density at radius 2 is 2.21 bits per heavy atom. The van der Waals surface area contributed by atoms with E-state index in [1.54, 1.807) is 7.05 Å². The summed E-state index contributed by atoms with van der Waals surface area (Å²) < 4.78 is 0. The molecule has 1 aromatic rings. The minimum absolute atomic E-state index is 0.0804. The lowest BCUT2D eigenvalue weighted by Crippen LogP contribution is -2.36. The zero-order valence-corrected chi connectivity index (χ0v) is 11.8. The Bertz CT molecular complexity index is 433. The number of amides is 1. The highest BCUT2D eigenvalue weighted by Crippen LogP contribution is 2.26. The molecule has 0 aromatic heterocycles. The van der Waals surface area contributed by atoms with Crippen molar-refractivity contribution in [3.8, 4) is 0 Å². The van der Waals surface area contributed by atoms with E-state index in [0.717, 1.165) is 26.1 Å². The Hall–Kier alpha value is -1.55. The second-order valence-corrected chi connectivity index (χ2v) is 5.22. The number of anilines is 1. The maximum atomic E-state index is 11.4. The molecule has 0 aliphatic carbocycles. The highest BCUT2D eigenvalue weighted by Gasteiger charge is 2.23. The van der Waals surface area contributed by atoms with Crippen molar-refractivity contribution in [2.45, 2.75) is 13.3 Å². The molecule has 1 aliphatic rings. The molecule has 2 rings (SSSR count). The van der Waals surface area contributed by atoms with Crippen LogP contribution in [0, 0.1) is 12.8 Å². The molecule has 1 saturated heterocycles. The Morgan fingerprint density at radius 1 is 1.42 bits per heavy atom. The fourth-order valence-electron chi connectivity index (χ4n) is 2.62. The van der Waals surface area contributed by atoms with Crippen molar-refractivity contribution in [2.24, 2.45) is 5.92 Å². The zero-order valence-electron chi connectivity index (χ0n) is 11.8. The van der Waals surface area contributed by atoms with Gasteiger partial charge in [0.2, 0.25) is 5.91 Å². The summed E-state index contributed by atoms with van der Waals surface area (Å²) in [7, 11) is 1.79. The summed E-state index contributed by atoms with van der Waals surface area (Å²) >= 11 is 0. The van der Waals surface area contributed by atoms with Gasteiger partial charge in [-0.2, -0.15) is 0 Å². The van der Waals surface area contributed by atoms with Crippen molar-refractivity contribution in [2.75, 3.05) is 38.1 Å². The Balaban J connectivity index is 1.83. The summed E-state index contributed by atoms with van der Waals surface area (Å²) in [6.45, 7) is 5.44. The van der Waals surface area contributed by atoms with Gasteiger partial charge in [0.05, 0.1) is 6.54 Å². The fraction of sp³-hybridized carbons (Fsp3) is 0.533. The molecule has 1 heterocycles. The number of carbonyl (C=O) groups is 1. The van der Waals surface area contributed by atoms with Gasteiger partial charge in [-0.3, -0.25) is 4.79 Å². The van der Waals surface area contributed by atoms with E-state index in [9.17, 15) is 4.79 Å². The number of rotatable bonds is 5. The number of carbonyl (C=O) groups excluding carboxylic acids is 1. The maximum absolute atomic E-state index is 11.4. The molecule has 4 heteroatoms. The first kappa shape index (κ1) is 13.9. The summed E-state index contributed by atoms with van der Waals surface area (Å²) in [4.78, 5) is 13.8. The fourth-order valence-corrected chi connectivity index (χ4v) is 2.62. The number of nitrogens with zero attached hydrogens (tertiary/aromatic N) is 1. The van der Waals surface area contributed by atoms with Crippen LogP contribution in [0.5, 0.6) is 0 Å². The molecule has 0 bridgehead atoms. The van der Waals surface area contributed by atoms with Crippen molar-refractivity contribution in [3.63, 3.8) is 0 Å². The summed E-state index contributed by atoms with van der Waals surface area (Å²) in [5, 5.41) is 5.85. The molecule has 0 saturated carbocycles. The van der Waals surface area contributed by atoms with E-state index in [2.05, 4.69) is 46.7 Å². The Kier molecular flexibility index (Phi) is 4.80. The highest BCUT2D eigenvalue weighted by molar-refractivity contribution is 5.77. The number of likely N-dealkylation sites (N-methyl/N-ethyl adjacent to an activating group) is 1. The zero-order chi connectivity index (χ0) is 13.7. The molecule has 0 spiro atoms. The molecule has 1 aliphatic heterocycles. The summed E-state index contributed by atoms with van der Waals surface area (Å²) in [5.41, 5.74) is 2.65. The van der Waals surface area contributed by atoms with E-state index in [0.29, 0.717) is 12.5 Å². The lowest BCUT2D eigenvalue weighted by molar-refractivity contribution is -0.120. The van der Waals surface area contributed by atoms with Crippen molar-refractivity contribution < 1.29 is 4.79 Å². The van der Waals surface area contributed by atoms with Crippen LogP contribution >= 0.6 is 0 Å². The van der Waals surface area contributed by atoms with Crippen molar-refractivity contribution in [1.82, 2.24) is 10.6 Å². The van der Waals surface area contributed by atoms with Gasteiger partial charge in [0.15, 0.2) is 0 Å². The van der Waals surface area contributed by atoms with E-state index in [1.807, 2.05) is 0 Å². The van der Waals surface area contributed by atoms with Gasteiger partial charge in [0.25, 0.3) is 0 Å². The van der Waals surface area contributed by atoms with Crippen molar-refractivity contribution >= 4 is 11.6 Å². The van der Waals surface area contributed by atoms with Crippen LogP contribution in [0.4, 0.5) is 5.69 Å². The van der Waals surface area contributed by atoms with Gasteiger partial charge in [-0.15, -0.1) is 0 Å². The minimum atomic E-state index is 0.0804. The van der Waals surface area contributed by atoms with Crippen molar-refractivity contribution in [1.29, 1.82) is 0 Å². The van der Waals surface area contributed by atoms with Crippen LogP contribution in [-0.2, 0) is 4.79 Å². The van der Waals surface area contributed by atoms with Crippen LogP contribution in [0.1, 0.15) is 12.0 Å². The first-order chi connectivity index (χ1) is 9.20. The summed E-state index contributed by atoms with van der Waals surface area (Å²) in [6.07, 6.45) is 1.15. The molecular formula is C15H23N3O. The number of nitrogens with one attached hydrogen (secondary N) is 2. The van der Waals surface area contributed by atoms with Gasteiger partial charge in [0, 0.05) is 25.3 Å². The monoisotopic (exact) mass is 261 g/mol. The molecule has 1 unspecified atom stereocenters. The average molecular weight is 261 g/mol. The molecule has 1 aromatic carbocycles. The third kappa shape index (κ3) is 3.70. The molecule has 0 radical (unpaired) electrons. The SMILES string of the molecule is CNCC(=O)NCC1CCN(c2ccccc2C)C1. The molecule has 1 atom stereocenters. The Morgan fingerprint density at radius 3 is 2.95 bits per heavy atom. The lowest BCUT2D eigenvalue weighted by atomic mass is 10.1. The quantitative estimate of drug-likeness (QED) is 0.836. The summed E-state index contributed by atoms with van der Waals surface area (Å²) in [5.74, 6) is 0.636. The van der Waals surface area contributed by atoms with Gasteiger partial charge in [0.1, 0.15) is 0 Å². The normalized spacial score (nSPS) is 18.6. The van der Waals surface area contributed by atoms with E-state index < -0.39 is 0 Å². The van der Waals surface area contributed by atoms with Crippen molar-refractivity contribution in [3.05, 3.63) is 29.8 Å². The predicted molar refractivity (Wildman–Crippen MR) is 78.4 cm³/mol. The van der Waals surface area contributed by atoms with E-state index in [1.165, 1.54) is 11.3 Å². The second-order valence-electron chi connectivity index (χ2n) is 5.22. The molecular weight excluding hydrogens is 238 g/mol. The largest absolute Gasteiger partial charge is 0.371 e. The van der Waals surface area contributed by atoms with Gasteiger partial charge in [-0.1, -0.05) is 18.2 Å². The molecule has 2 N–H and O–H groups in total. The molecule has 1 fully saturated rings. The average Bonchev–Trinajstić information content (AvgIpc) is 2.86. The molecule has 4 nitrogen and oxygen atoms in total. The van der Waals surface area contributed by atoms with Crippen LogP contribution in [-0.4, -0.2) is 39.1 Å². The third-order valence-corrected chi connectivity index (χ3v) is 3.67. The second kappa shape index (κ2) is 6.57. The Labute approximate surface area is 115 Å². The standard InChI is InChI=1S/C15H23N3O/c1-12-5-3-4-6-14(12)18-8-7-13(11-18)9-17-15(19)10-16-2/h3-6,13,16H,7-11H2,1-2H3,(H,17,19). The number of hydrogen-bond acceptors (Lipinski definition) is 3. The van der Waals surface area contributed by atoms with Gasteiger partial charge in [-0.25, -0.2) is 0 Å². The summed E-state index contributed by atoms with van der Waals surface area (Å²) in [6, 6.07) is 8.49. The van der Waals surface area contributed by atoms with Gasteiger partial charge < -0.3 is 15.5 Å². The molecule has 104 valence electrons. The first-order valence-electron chi connectivity index (χ1n) is 6.92. The molecule has 19 heavy (non-hydrogen) atoms. The molecule has 1 amide bonds. The number of para-hydroxylation sites is 1. The predicted octanol–water partition coefficient (Wildman–Crippen LogP) is 1.16. The van der Waals surface area contributed by atoms with Gasteiger partial charge >= 0.3 is 0 Å². The smallest absolute Gasteiger partial charge is 0.233 e. The van der Waals surface area contributed by atoms with E-state index in [4.69, 9.17) is 0 Å². The third-order valence-electron chi connectivity index (χ3n) is 3.67. The maximum Gasteiger partial charge on any atom is 0.233 e. The lowest BCUT2D eigenvalue weighted by Gasteiger charge is -2.21. The minimum Gasteiger partial charge on any atom is -0.371 e. The van der Waals surface area contributed by atoms with Crippen LogP contribution in [0.2, 0.25) is 0 Å². The van der Waals surface area contributed by atoms with E-state index in [-0.39, 0.29) is 5.91 Å². The topological polar surface area (TPSA) is 44.4 Å². The number of aryl methyl sites for hydroxylation is 1. The number of hydrogen-bond donors (Lipinski definition) is 2.